The van der Waals surface area contributed by atoms with Crippen molar-refractivity contribution in [2.45, 2.75) is 104 Å². The Morgan fingerprint density at radius 1 is 0.792 bits per heavy atom. The topological polar surface area (TPSA) is 0 Å². The molecule has 3 aliphatic carbocycles. The van der Waals surface area contributed by atoms with Crippen LogP contribution in [0.15, 0.2) is 12.2 Å². The third kappa shape index (κ3) is 5.12. The average Bonchev–Trinajstić information content (AvgIpc) is 2.63. The maximum absolute atomic E-state index is 2.46. The van der Waals surface area contributed by atoms with Gasteiger partial charge in [-0.3, -0.25) is 0 Å². The highest BCUT2D eigenvalue weighted by atomic mass is 14.4. The van der Waals surface area contributed by atoms with Crippen LogP contribution in [0.1, 0.15) is 104 Å². The molecule has 0 heterocycles. The van der Waals surface area contributed by atoms with Crippen molar-refractivity contribution in [3.63, 3.8) is 0 Å². The average molecular weight is 330 g/mol. The van der Waals surface area contributed by atoms with Gasteiger partial charge >= 0.3 is 0 Å². The van der Waals surface area contributed by atoms with E-state index in [0.29, 0.717) is 0 Å². The summed E-state index contributed by atoms with van der Waals surface area (Å²) in [5, 5.41) is 0. The summed E-state index contributed by atoms with van der Waals surface area (Å²) in [6.45, 7) is 4.61. The van der Waals surface area contributed by atoms with E-state index in [2.05, 4.69) is 26.0 Å². The molecule has 0 aliphatic heterocycles. The van der Waals surface area contributed by atoms with Crippen LogP contribution in [0.2, 0.25) is 0 Å². The van der Waals surface area contributed by atoms with Gasteiger partial charge in [-0.05, 0) is 119 Å². The molecule has 1 radical (unpaired) electrons. The van der Waals surface area contributed by atoms with E-state index < -0.39 is 0 Å². The van der Waals surface area contributed by atoms with Gasteiger partial charge in [0.2, 0.25) is 0 Å². The van der Waals surface area contributed by atoms with E-state index in [4.69, 9.17) is 0 Å². The van der Waals surface area contributed by atoms with Crippen LogP contribution in [0.3, 0.4) is 0 Å². The molecule has 0 bridgehead atoms. The Hall–Kier alpha value is -0.260. The number of allylic oxidation sites excluding steroid dienone is 2. The third-order valence-electron chi connectivity index (χ3n) is 7.80. The van der Waals surface area contributed by atoms with Gasteiger partial charge in [-0.2, -0.15) is 0 Å². The Bertz CT molecular complexity index is 357. The lowest BCUT2D eigenvalue weighted by atomic mass is 9.65. The monoisotopic (exact) mass is 329 g/mol. The molecule has 0 amide bonds. The Balaban J connectivity index is 1.35. The molecule has 3 rings (SSSR count). The first-order valence-electron chi connectivity index (χ1n) is 11.2. The molecule has 0 spiro atoms. The molecule has 3 aliphatic rings. The Kier molecular flexibility index (Phi) is 7.29. The third-order valence-corrected chi connectivity index (χ3v) is 7.80. The SMILES string of the molecule is C/C=C/CCC1CC[C](C2CCC(C3CCC(C)CC3)CC2)CC1. The van der Waals surface area contributed by atoms with E-state index >= 15 is 0 Å². The minimum Gasteiger partial charge on any atom is -0.0917 e. The van der Waals surface area contributed by atoms with Crippen LogP contribution in [0.25, 0.3) is 0 Å². The molecule has 3 fully saturated rings. The fraction of sp³-hybridized carbons (Fsp3) is 0.875. The summed E-state index contributed by atoms with van der Waals surface area (Å²) < 4.78 is 0. The normalized spacial score (nSPS) is 37.1. The Labute approximate surface area is 151 Å². The molecule has 0 nitrogen and oxygen atoms in total. The molecule has 0 saturated heterocycles. The summed E-state index contributed by atoms with van der Waals surface area (Å²) in [5.74, 6) is 7.20. The van der Waals surface area contributed by atoms with Crippen LogP contribution < -0.4 is 0 Å². The second-order valence-corrected chi connectivity index (χ2v) is 9.38. The molecule has 137 valence electrons. The highest BCUT2D eigenvalue weighted by molar-refractivity contribution is 5.02. The molecule has 0 heteroatoms. The second-order valence-electron chi connectivity index (χ2n) is 9.38. The van der Waals surface area contributed by atoms with Crippen molar-refractivity contribution in [3.8, 4) is 0 Å². The van der Waals surface area contributed by atoms with Crippen LogP contribution in [-0.2, 0) is 0 Å². The summed E-state index contributed by atoms with van der Waals surface area (Å²) in [6, 6.07) is 0. The fourth-order valence-electron chi connectivity index (χ4n) is 6.00. The molecule has 0 unspecified atom stereocenters. The molecule has 0 N–H and O–H groups in total. The smallest absolute Gasteiger partial charge is 0.0210 e. The van der Waals surface area contributed by atoms with E-state index in [0.717, 1.165) is 29.6 Å². The second kappa shape index (κ2) is 9.44. The number of rotatable bonds is 5. The standard InChI is InChI=1S/C24H41/c1-3-4-5-6-20-9-13-22(14-10-20)24-17-15-23(16-18-24)21-11-7-19(2)8-12-21/h3-4,19-21,23-24H,5-18H2,1-2H3/b4-3+. The van der Waals surface area contributed by atoms with E-state index in [1.54, 1.807) is 25.7 Å². The quantitative estimate of drug-likeness (QED) is 0.452. The van der Waals surface area contributed by atoms with E-state index in [9.17, 15) is 0 Å². The van der Waals surface area contributed by atoms with Crippen molar-refractivity contribution in [2.75, 3.05) is 0 Å². The predicted molar refractivity (Wildman–Crippen MR) is 106 cm³/mol. The van der Waals surface area contributed by atoms with Crippen molar-refractivity contribution in [1.29, 1.82) is 0 Å². The predicted octanol–water partition coefficient (Wildman–Crippen LogP) is 7.74. The van der Waals surface area contributed by atoms with E-state index in [-0.39, 0.29) is 0 Å². The molecule has 0 atom stereocenters. The lowest BCUT2D eigenvalue weighted by Crippen LogP contribution is -2.28. The van der Waals surface area contributed by atoms with Gasteiger partial charge in [0.05, 0.1) is 0 Å². The summed E-state index contributed by atoms with van der Waals surface area (Å²) in [7, 11) is 0. The van der Waals surface area contributed by atoms with Gasteiger partial charge in [0.1, 0.15) is 0 Å². The Morgan fingerprint density at radius 3 is 1.96 bits per heavy atom. The van der Waals surface area contributed by atoms with Gasteiger partial charge in [0.15, 0.2) is 0 Å². The zero-order chi connectivity index (χ0) is 16.8. The van der Waals surface area contributed by atoms with Crippen molar-refractivity contribution < 1.29 is 0 Å². The van der Waals surface area contributed by atoms with Crippen molar-refractivity contribution in [1.82, 2.24) is 0 Å². The first-order chi connectivity index (χ1) is 11.8. The van der Waals surface area contributed by atoms with Gasteiger partial charge in [-0.15, -0.1) is 0 Å². The zero-order valence-corrected chi connectivity index (χ0v) is 16.4. The van der Waals surface area contributed by atoms with Crippen molar-refractivity contribution >= 4 is 0 Å². The highest BCUT2D eigenvalue weighted by Crippen LogP contribution is 2.47. The van der Waals surface area contributed by atoms with Gasteiger partial charge in [-0.1, -0.05) is 31.9 Å². The van der Waals surface area contributed by atoms with Gasteiger partial charge in [-0.25, -0.2) is 0 Å². The first-order valence-corrected chi connectivity index (χ1v) is 11.2. The fourth-order valence-corrected chi connectivity index (χ4v) is 6.00. The lowest BCUT2D eigenvalue weighted by molar-refractivity contribution is 0.146. The maximum atomic E-state index is 2.46. The van der Waals surface area contributed by atoms with Crippen LogP contribution in [0.5, 0.6) is 0 Å². The largest absolute Gasteiger partial charge is 0.0917 e. The lowest BCUT2D eigenvalue weighted by Gasteiger charge is -2.41. The zero-order valence-electron chi connectivity index (χ0n) is 16.4. The Morgan fingerprint density at radius 2 is 1.38 bits per heavy atom. The summed E-state index contributed by atoms with van der Waals surface area (Å²) in [4.78, 5) is 0. The van der Waals surface area contributed by atoms with Crippen molar-refractivity contribution in [2.24, 2.45) is 29.6 Å². The molecule has 0 aromatic rings. The molecular weight excluding hydrogens is 288 g/mol. The summed E-state index contributed by atoms with van der Waals surface area (Å²) >= 11 is 0. The highest BCUT2D eigenvalue weighted by Gasteiger charge is 2.34. The minimum atomic E-state index is 1.01. The molecular formula is C24H41. The molecule has 0 aromatic heterocycles. The van der Waals surface area contributed by atoms with Crippen LogP contribution in [-0.4, -0.2) is 0 Å². The van der Waals surface area contributed by atoms with Crippen LogP contribution in [0.4, 0.5) is 0 Å². The van der Waals surface area contributed by atoms with E-state index in [1.807, 2.05) is 5.92 Å². The number of hydrogen-bond donors (Lipinski definition) is 0. The minimum absolute atomic E-state index is 1.01. The van der Waals surface area contributed by atoms with Crippen molar-refractivity contribution in [3.05, 3.63) is 18.1 Å². The molecule has 24 heavy (non-hydrogen) atoms. The first kappa shape index (κ1) is 18.5. The maximum Gasteiger partial charge on any atom is -0.0210 e. The van der Waals surface area contributed by atoms with Crippen LogP contribution in [0, 0.1) is 35.5 Å². The molecule has 0 aromatic carbocycles. The molecule has 3 saturated carbocycles. The van der Waals surface area contributed by atoms with Gasteiger partial charge in [0.25, 0.3) is 0 Å². The van der Waals surface area contributed by atoms with Gasteiger partial charge < -0.3 is 0 Å². The summed E-state index contributed by atoms with van der Waals surface area (Å²) in [6.07, 6.45) is 25.5. The van der Waals surface area contributed by atoms with E-state index in [1.165, 1.54) is 64.2 Å². The number of hydrogen-bond acceptors (Lipinski definition) is 0. The summed E-state index contributed by atoms with van der Waals surface area (Å²) in [5.41, 5.74) is 0. The van der Waals surface area contributed by atoms with Gasteiger partial charge in [0, 0.05) is 0 Å². The van der Waals surface area contributed by atoms with Crippen LogP contribution >= 0.6 is 0 Å².